The van der Waals surface area contributed by atoms with Gasteiger partial charge in [0.1, 0.15) is 11.6 Å². The molecule has 1 unspecified atom stereocenters. The Morgan fingerprint density at radius 1 is 1.08 bits per heavy atom. The van der Waals surface area contributed by atoms with Gasteiger partial charge in [-0.15, -0.1) is 0 Å². The molecule has 4 bridgehead atoms. The minimum Gasteiger partial charge on any atom is -0.481 e. The summed E-state index contributed by atoms with van der Waals surface area (Å²) in [4.78, 5) is 14.4. The molecule has 8 nitrogen and oxygen atoms in total. The number of nitrogens with zero attached hydrogens (tertiary/aromatic N) is 4. The van der Waals surface area contributed by atoms with Crippen LogP contribution in [-0.4, -0.2) is 35.6 Å². The van der Waals surface area contributed by atoms with Crippen LogP contribution in [0.4, 0.5) is 8.78 Å². The number of aromatic nitrogens is 5. The maximum absolute atomic E-state index is 15.8. The Kier molecular flexibility index (Phi) is 8.16. The zero-order valence-corrected chi connectivity index (χ0v) is 26.7. The number of carbonyl (C=O) groups is 1. The summed E-state index contributed by atoms with van der Waals surface area (Å²) in [5, 5.41) is 19.4. The summed E-state index contributed by atoms with van der Waals surface area (Å²) < 4.78 is 41.4. The molecule has 0 amide bonds. The van der Waals surface area contributed by atoms with E-state index in [4.69, 9.17) is 4.74 Å². The normalized spacial score (nSPS) is 16.7. The minimum atomic E-state index is -0.863. The van der Waals surface area contributed by atoms with Crippen molar-refractivity contribution in [3.05, 3.63) is 131 Å². The summed E-state index contributed by atoms with van der Waals surface area (Å²) >= 11 is 0. The molecule has 0 fully saturated rings. The Morgan fingerprint density at radius 3 is 2.81 bits per heavy atom. The molecule has 0 spiro atoms. The average molecular weight is 648 g/mol. The number of halogens is 2. The van der Waals surface area contributed by atoms with E-state index in [9.17, 15) is 9.90 Å². The van der Waals surface area contributed by atoms with E-state index in [1.807, 2.05) is 41.2 Å². The van der Waals surface area contributed by atoms with Crippen LogP contribution in [0.3, 0.4) is 0 Å². The number of hydrogen-bond donors (Lipinski definition) is 2. The van der Waals surface area contributed by atoms with Crippen LogP contribution >= 0.6 is 0 Å². The third-order valence-electron chi connectivity index (χ3n) is 8.79. The number of fused-ring (bicyclic) bond motifs is 9. The van der Waals surface area contributed by atoms with E-state index >= 15 is 8.78 Å². The second kappa shape index (κ2) is 12.6. The zero-order valence-electron chi connectivity index (χ0n) is 26.7. The Balaban J connectivity index is 1.38. The lowest BCUT2D eigenvalue weighted by atomic mass is 9.91. The number of aliphatic carboxylic acids is 1. The van der Waals surface area contributed by atoms with Gasteiger partial charge in [-0.05, 0) is 59.9 Å². The van der Waals surface area contributed by atoms with Crippen LogP contribution in [0.15, 0.2) is 97.6 Å². The van der Waals surface area contributed by atoms with E-state index in [1.54, 1.807) is 35.4 Å². The van der Waals surface area contributed by atoms with Gasteiger partial charge in [0, 0.05) is 71.5 Å². The van der Waals surface area contributed by atoms with Gasteiger partial charge in [0.25, 0.3) is 0 Å². The highest BCUT2D eigenvalue weighted by Crippen LogP contribution is 2.39. The van der Waals surface area contributed by atoms with Crippen LogP contribution in [0.2, 0.25) is 0 Å². The van der Waals surface area contributed by atoms with Gasteiger partial charge >= 0.3 is 5.97 Å². The summed E-state index contributed by atoms with van der Waals surface area (Å²) in [6.07, 6.45) is 12.8. The SMILES string of the molecule is CC1(C)/C=C\CC(c2cccc(CCC(=O)O)c2)n2nccc2-c2cc(ccc2F)Oc2c(F)cc3[nH]ccc3c2Cc2cnn(c2)C1. The fraction of sp³-hybridized carbons (Fsp3) is 0.237. The number of nitrogens with one attached hydrogen (secondary N) is 1. The van der Waals surface area contributed by atoms with Gasteiger partial charge < -0.3 is 14.8 Å². The zero-order chi connectivity index (χ0) is 33.4. The van der Waals surface area contributed by atoms with Crippen molar-refractivity contribution >= 4 is 16.9 Å². The predicted molar refractivity (Wildman–Crippen MR) is 179 cm³/mol. The van der Waals surface area contributed by atoms with Crippen molar-refractivity contribution in [2.45, 2.75) is 52.1 Å². The second-order valence-electron chi connectivity index (χ2n) is 13.0. The number of rotatable bonds is 4. The number of allylic oxidation sites excluding steroid dienone is 2. The first-order valence-corrected chi connectivity index (χ1v) is 15.9. The molecule has 48 heavy (non-hydrogen) atoms. The lowest BCUT2D eigenvalue weighted by Gasteiger charge is -2.23. The van der Waals surface area contributed by atoms with E-state index < -0.39 is 17.6 Å². The molecule has 3 aromatic carbocycles. The first-order valence-electron chi connectivity index (χ1n) is 15.9. The standard InChI is InChI=1S/C38H35F2N5O3/c1-38(2)14-4-7-34(26-6-3-5-24(17-26)8-11-36(46)47)45-35(13-16-42-45)30-19-27(9-10-31(30)39)48-37-29(18-25-21-43-44(22-25)23-38)28-12-15-41-33(28)20-32(37)40/h3-6,9-10,12-17,19-22,34,41H,7-8,11,18,23H2,1-2H3,(H,46,47)/b14-4-. The van der Waals surface area contributed by atoms with Gasteiger partial charge in [-0.25, -0.2) is 8.78 Å². The lowest BCUT2D eigenvalue weighted by molar-refractivity contribution is -0.136. The number of carboxylic acid groups (broad SMARTS) is 1. The van der Waals surface area contributed by atoms with Crippen molar-refractivity contribution in [2.75, 3.05) is 0 Å². The van der Waals surface area contributed by atoms with E-state index in [-0.39, 0.29) is 34.9 Å². The number of carboxylic acids is 1. The molecule has 1 aliphatic rings. The van der Waals surface area contributed by atoms with Crippen molar-refractivity contribution in [1.82, 2.24) is 24.5 Å². The van der Waals surface area contributed by atoms with Crippen molar-refractivity contribution in [2.24, 2.45) is 5.41 Å². The summed E-state index contributed by atoms with van der Waals surface area (Å²) in [5.74, 6) is -1.52. The molecule has 10 heteroatoms. The highest BCUT2D eigenvalue weighted by Gasteiger charge is 2.24. The topological polar surface area (TPSA) is 98.0 Å². The van der Waals surface area contributed by atoms with Crippen LogP contribution in [-0.2, 0) is 24.2 Å². The Bertz CT molecular complexity index is 2160. The predicted octanol–water partition coefficient (Wildman–Crippen LogP) is 8.48. The maximum atomic E-state index is 15.8. The van der Waals surface area contributed by atoms with Gasteiger partial charge in [0.05, 0.1) is 17.9 Å². The molecule has 1 atom stereocenters. The van der Waals surface area contributed by atoms with E-state index in [0.717, 1.165) is 22.1 Å². The van der Waals surface area contributed by atoms with Gasteiger partial charge in [-0.1, -0.05) is 50.3 Å². The molecule has 0 saturated carbocycles. The van der Waals surface area contributed by atoms with E-state index in [1.165, 1.54) is 18.2 Å². The number of aromatic amines is 1. The molecule has 0 radical (unpaired) electrons. The molecule has 2 N–H and O–H groups in total. The average Bonchev–Trinajstić information content (AvgIpc) is 3.82. The molecule has 0 saturated heterocycles. The summed E-state index contributed by atoms with van der Waals surface area (Å²) in [6.45, 7) is 4.87. The maximum Gasteiger partial charge on any atom is 0.303 e. The highest BCUT2D eigenvalue weighted by molar-refractivity contribution is 5.86. The van der Waals surface area contributed by atoms with Crippen LogP contribution in [0.25, 0.3) is 22.2 Å². The number of aryl methyl sites for hydroxylation is 1. The number of hydrogen-bond acceptors (Lipinski definition) is 4. The third-order valence-corrected chi connectivity index (χ3v) is 8.79. The van der Waals surface area contributed by atoms with Gasteiger partial charge in [0.2, 0.25) is 0 Å². The van der Waals surface area contributed by atoms with Crippen molar-refractivity contribution in [3.63, 3.8) is 0 Å². The molecule has 6 aromatic rings. The largest absolute Gasteiger partial charge is 0.481 e. The molecular formula is C38H35F2N5O3. The van der Waals surface area contributed by atoms with Gasteiger partial charge in [-0.3, -0.25) is 14.2 Å². The molecule has 0 aliphatic carbocycles. The smallest absolute Gasteiger partial charge is 0.303 e. The summed E-state index contributed by atoms with van der Waals surface area (Å²) in [7, 11) is 0. The fourth-order valence-electron chi connectivity index (χ4n) is 6.53. The molecule has 3 aromatic heterocycles. The third kappa shape index (κ3) is 6.38. The number of ether oxygens (including phenoxy) is 1. The second-order valence-corrected chi connectivity index (χ2v) is 13.0. The molecule has 1 aliphatic heterocycles. The van der Waals surface area contributed by atoms with Crippen LogP contribution < -0.4 is 4.74 Å². The minimum absolute atomic E-state index is 0.0156. The Morgan fingerprint density at radius 2 is 1.96 bits per heavy atom. The first-order chi connectivity index (χ1) is 23.1. The van der Waals surface area contributed by atoms with Crippen LogP contribution in [0.5, 0.6) is 11.5 Å². The van der Waals surface area contributed by atoms with Crippen LogP contribution in [0.1, 0.15) is 55.0 Å². The van der Waals surface area contributed by atoms with Gasteiger partial charge in [0.15, 0.2) is 11.6 Å². The summed E-state index contributed by atoms with van der Waals surface area (Å²) in [5.41, 5.74) is 4.52. The van der Waals surface area contributed by atoms with Crippen LogP contribution in [0, 0.1) is 17.0 Å². The quantitative estimate of drug-likeness (QED) is 0.187. The molecular weight excluding hydrogens is 612 g/mol. The van der Waals surface area contributed by atoms with Crippen molar-refractivity contribution in [3.8, 4) is 22.8 Å². The molecule has 244 valence electrons. The number of benzene rings is 3. The van der Waals surface area contributed by atoms with E-state index in [0.29, 0.717) is 42.6 Å². The fourth-order valence-corrected chi connectivity index (χ4v) is 6.53. The van der Waals surface area contributed by atoms with Crippen molar-refractivity contribution in [1.29, 1.82) is 0 Å². The Hall–Kier alpha value is -5.51. The lowest BCUT2D eigenvalue weighted by Crippen LogP contribution is -2.18. The summed E-state index contributed by atoms with van der Waals surface area (Å²) in [6, 6.07) is 16.9. The van der Waals surface area contributed by atoms with Crippen molar-refractivity contribution < 1.29 is 23.4 Å². The first kappa shape index (κ1) is 31.1. The molecule has 4 heterocycles. The van der Waals surface area contributed by atoms with Gasteiger partial charge in [-0.2, -0.15) is 10.2 Å². The number of H-pyrrole nitrogens is 1. The Labute approximate surface area is 276 Å². The molecule has 7 rings (SSSR count). The highest BCUT2D eigenvalue weighted by atomic mass is 19.1. The van der Waals surface area contributed by atoms with E-state index in [2.05, 4.69) is 41.2 Å². The monoisotopic (exact) mass is 647 g/mol.